The van der Waals surface area contributed by atoms with Crippen molar-refractivity contribution in [2.75, 3.05) is 0 Å². The van der Waals surface area contributed by atoms with E-state index < -0.39 is 0 Å². The molecule has 0 radical (unpaired) electrons. The maximum absolute atomic E-state index is 5.43. The fourth-order valence-electron chi connectivity index (χ4n) is 2.69. The SMILES string of the molecule is NC=Nc1ccc2c(c1)Cc1ccc(N=C(N)N)cc1C2. The molecular formula is C16H17N5. The summed E-state index contributed by atoms with van der Waals surface area (Å²) in [5.74, 6) is 0.0791. The Morgan fingerprint density at radius 3 is 2.00 bits per heavy atom. The van der Waals surface area contributed by atoms with Gasteiger partial charge in [-0.15, -0.1) is 0 Å². The molecule has 0 unspecified atom stereocenters. The third kappa shape index (κ3) is 2.72. The molecular weight excluding hydrogens is 262 g/mol. The standard InChI is InChI=1S/C16H17N5/c17-9-20-14-3-1-10-6-13-8-15(21-16(18)19)4-2-11(13)5-12(10)7-14/h1-4,7-9H,5-6H2,(H2,17,20)(H4,18,19,21). The minimum absolute atomic E-state index is 0.0791. The second-order valence-electron chi connectivity index (χ2n) is 5.07. The van der Waals surface area contributed by atoms with E-state index in [-0.39, 0.29) is 5.96 Å². The fourth-order valence-corrected chi connectivity index (χ4v) is 2.69. The predicted molar refractivity (Wildman–Crippen MR) is 86.3 cm³/mol. The fraction of sp³-hybridized carbons (Fsp3) is 0.125. The molecule has 0 heterocycles. The summed E-state index contributed by atoms with van der Waals surface area (Å²) in [6.45, 7) is 0. The van der Waals surface area contributed by atoms with E-state index >= 15 is 0 Å². The number of rotatable bonds is 2. The lowest BCUT2D eigenvalue weighted by atomic mass is 9.85. The lowest BCUT2D eigenvalue weighted by Gasteiger charge is -2.20. The van der Waals surface area contributed by atoms with Crippen molar-refractivity contribution in [2.24, 2.45) is 27.2 Å². The van der Waals surface area contributed by atoms with Crippen LogP contribution in [0.25, 0.3) is 0 Å². The number of benzene rings is 2. The van der Waals surface area contributed by atoms with Crippen molar-refractivity contribution in [3.8, 4) is 0 Å². The molecule has 5 nitrogen and oxygen atoms in total. The van der Waals surface area contributed by atoms with Crippen LogP contribution in [-0.2, 0) is 12.8 Å². The highest BCUT2D eigenvalue weighted by molar-refractivity contribution is 5.79. The number of hydrogen-bond donors (Lipinski definition) is 3. The van der Waals surface area contributed by atoms with Crippen LogP contribution < -0.4 is 17.2 Å². The summed E-state index contributed by atoms with van der Waals surface area (Å²) in [5, 5.41) is 0. The number of aliphatic imine (C=N–C) groups is 2. The van der Waals surface area contributed by atoms with Crippen LogP contribution in [0.3, 0.4) is 0 Å². The molecule has 106 valence electrons. The molecule has 6 N–H and O–H groups in total. The van der Waals surface area contributed by atoms with E-state index in [9.17, 15) is 0 Å². The summed E-state index contributed by atoms with van der Waals surface area (Å²) < 4.78 is 0. The van der Waals surface area contributed by atoms with E-state index in [0.29, 0.717) is 0 Å². The monoisotopic (exact) mass is 279 g/mol. The first-order chi connectivity index (χ1) is 10.2. The van der Waals surface area contributed by atoms with Gasteiger partial charge in [-0.25, -0.2) is 9.98 Å². The average molecular weight is 279 g/mol. The van der Waals surface area contributed by atoms with E-state index in [1.165, 1.54) is 28.6 Å². The normalized spacial score (nSPS) is 12.8. The van der Waals surface area contributed by atoms with Crippen LogP contribution in [0.4, 0.5) is 11.4 Å². The third-order valence-corrected chi connectivity index (χ3v) is 3.62. The molecule has 0 aliphatic heterocycles. The second-order valence-corrected chi connectivity index (χ2v) is 5.07. The van der Waals surface area contributed by atoms with E-state index in [4.69, 9.17) is 17.2 Å². The summed E-state index contributed by atoms with van der Waals surface area (Å²) in [4.78, 5) is 8.23. The van der Waals surface area contributed by atoms with Crippen molar-refractivity contribution >= 4 is 23.7 Å². The summed E-state index contributed by atoms with van der Waals surface area (Å²) in [7, 11) is 0. The molecule has 2 aromatic carbocycles. The minimum atomic E-state index is 0.0791. The Kier molecular flexibility index (Phi) is 3.31. The number of fused-ring (bicyclic) bond motifs is 2. The van der Waals surface area contributed by atoms with Crippen molar-refractivity contribution in [3.63, 3.8) is 0 Å². The summed E-state index contributed by atoms with van der Waals surface area (Å²) in [6, 6.07) is 12.2. The second kappa shape index (κ2) is 5.28. The Morgan fingerprint density at radius 1 is 0.857 bits per heavy atom. The van der Waals surface area contributed by atoms with Gasteiger partial charge in [-0.1, -0.05) is 12.1 Å². The van der Waals surface area contributed by atoms with Gasteiger partial charge in [-0.2, -0.15) is 0 Å². The number of nitrogens with zero attached hydrogens (tertiary/aromatic N) is 2. The predicted octanol–water partition coefficient (Wildman–Crippen LogP) is 1.70. The van der Waals surface area contributed by atoms with Crippen LogP contribution >= 0.6 is 0 Å². The van der Waals surface area contributed by atoms with Crippen LogP contribution in [0, 0.1) is 0 Å². The maximum atomic E-state index is 5.43. The molecule has 0 fully saturated rings. The topological polar surface area (TPSA) is 103 Å². The molecule has 0 atom stereocenters. The zero-order chi connectivity index (χ0) is 14.8. The first kappa shape index (κ1) is 13.2. The Labute approximate surface area is 123 Å². The van der Waals surface area contributed by atoms with Crippen molar-refractivity contribution < 1.29 is 0 Å². The van der Waals surface area contributed by atoms with Crippen LogP contribution in [0.1, 0.15) is 22.3 Å². The highest BCUT2D eigenvalue weighted by Gasteiger charge is 2.15. The van der Waals surface area contributed by atoms with Crippen LogP contribution in [0.2, 0.25) is 0 Å². The Bertz CT molecular complexity index is 742. The largest absolute Gasteiger partial charge is 0.390 e. The van der Waals surface area contributed by atoms with Gasteiger partial charge in [-0.3, -0.25) is 0 Å². The molecule has 21 heavy (non-hydrogen) atoms. The highest BCUT2D eigenvalue weighted by atomic mass is 15.0. The quantitative estimate of drug-likeness (QED) is 0.491. The van der Waals surface area contributed by atoms with Crippen LogP contribution in [-0.4, -0.2) is 12.3 Å². The number of nitrogens with two attached hydrogens (primary N) is 3. The van der Waals surface area contributed by atoms with E-state index in [2.05, 4.69) is 28.2 Å². The number of guanidine groups is 1. The first-order valence-electron chi connectivity index (χ1n) is 6.73. The summed E-state index contributed by atoms with van der Waals surface area (Å²) >= 11 is 0. The molecule has 0 aromatic heterocycles. The zero-order valence-corrected chi connectivity index (χ0v) is 11.6. The third-order valence-electron chi connectivity index (χ3n) is 3.62. The van der Waals surface area contributed by atoms with Crippen LogP contribution in [0.5, 0.6) is 0 Å². The maximum Gasteiger partial charge on any atom is 0.191 e. The molecule has 0 spiro atoms. The lowest BCUT2D eigenvalue weighted by molar-refractivity contribution is 1.00. The van der Waals surface area contributed by atoms with Gasteiger partial charge in [0.05, 0.1) is 17.7 Å². The van der Waals surface area contributed by atoms with Crippen molar-refractivity contribution in [3.05, 3.63) is 58.7 Å². The van der Waals surface area contributed by atoms with Gasteiger partial charge in [0, 0.05) is 0 Å². The Hall–Kier alpha value is -2.82. The molecule has 1 aliphatic carbocycles. The smallest absolute Gasteiger partial charge is 0.191 e. The van der Waals surface area contributed by atoms with Crippen molar-refractivity contribution in [1.82, 2.24) is 0 Å². The van der Waals surface area contributed by atoms with Gasteiger partial charge in [0.2, 0.25) is 0 Å². The summed E-state index contributed by atoms with van der Waals surface area (Å²) in [6.07, 6.45) is 3.09. The summed E-state index contributed by atoms with van der Waals surface area (Å²) in [5.41, 5.74) is 23.0. The van der Waals surface area contributed by atoms with E-state index in [0.717, 1.165) is 24.2 Å². The Balaban J connectivity index is 1.96. The van der Waals surface area contributed by atoms with Crippen LogP contribution in [0.15, 0.2) is 46.4 Å². The number of hydrogen-bond acceptors (Lipinski definition) is 2. The van der Waals surface area contributed by atoms with Gasteiger partial charge in [0.25, 0.3) is 0 Å². The molecule has 3 rings (SSSR count). The van der Waals surface area contributed by atoms with Crippen molar-refractivity contribution in [1.29, 1.82) is 0 Å². The first-order valence-corrected chi connectivity index (χ1v) is 6.73. The molecule has 5 heteroatoms. The average Bonchev–Trinajstić information content (AvgIpc) is 2.45. The molecule has 0 bridgehead atoms. The van der Waals surface area contributed by atoms with Gasteiger partial charge in [0.1, 0.15) is 0 Å². The molecule has 0 saturated carbocycles. The van der Waals surface area contributed by atoms with Gasteiger partial charge < -0.3 is 17.2 Å². The minimum Gasteiger partial charge on any atom is -0.390 e. The molecule has 2 aromatic rings. The molecule has 1 aliphatic rings. The lowest BCUT2D eigenvalue weighted by Crippen LogP contribution is -2.21. The van der Waals surface area contributed by atoms with Gasteiger partial charge >= 0.3 is 0 Å². The molecule has 0 amide bonds. The van der Waals surface area contributed by atoms with Gasteiger partial charge in [0.15, 0.2) is 5.96 Å². The van der Waals surface area contributed by atoms with Gasteiger partial charge in [-0.05, 0) is 59.4 Å². The van der Waals surface area contributed by atoms with E-state index in [1.54, 1.807) is 0 Å². The highest BCUT2D eigenvalue weighted by Crippen LogP contribution is 2.31. The van der Waals surface area contributed by atoms with E-state index in [1.807, 2.05) is 18.2 Å². The molecule has 0 saturated heterocycles. The van der Waals surface area contributed by atoms with Crippen molar-refractivity contribution in [2.45, 2.75) is 12.8 Å². The zero-order valence-electron chi connectivity index (χ0n) is 11.6. The Morgan fingerprint density at radius 2 is 1.43 bits per heavy atom.